The second-order valence-electron chi connectivity index (χ2n) is 10.7. The lowest BCUT2D eigenvalue weighted by Crippen LogP contribution is -2.10. The molecule has 0 heterocycles. The maximum Gasteiger partial charge on any atom is 0.0540 e. The number of hydrogen-bond donors (Lipinski definition) is 0. The summed E-state index contributed by atoms with van der Waals surface area (Å²) < 4.78 is 0. The lowest BCUT2D eigenvalue weighted by molar-refractivity contribution is 1.28. The van der Waals surface area contributed by atoms with E-state index in [1.807, 2.05) is 0 Å². The van der Waals surface area contributed by atoms with Crippen LogP contribution in [0.15, 0.2) is 194 Å². The minimum Gasteiger partial charge on any atom is -0.311 e. The number of hydrogen-bond acceptors (Lipinski definition) is 2. The van der Waals surface area contributed by atoms with Gasteiger partial charge in [0.05, 0.1) is 5.69 Å². The van der Waals surface area contributed by atoms with Gasteiger partial charge in [0, 0.05) is 34.0 Å². The van der Waals surface area contributed by atoms with Gasteiger partial charge in [0.2, 0.25) is 0 Å². The fourth-order valence-electron chi connectivity index (χ4n) is 5.76. The Morgan fingerprint density at radius 2 is 0.659 bits per heavy atom. The molecule has 0 saturated carbocycles. The summed E-state index contributed by atoms with van der Waals surface area (Å²) in [6, 6.07) is 68.6. The molecule has 2 nitrogen and oxygen atoms in total. The number of nitrogens with zero attached hydrogens (tertiary/aromatic N) is 2. The molecule has 0 aromatic heterocycles. The van der Waals surface area contributed by atoms with E-state index in [0.717, 1.165) is 34.1 Å². The van der Waals surface area contributed by atoms with Crippen molar-refractivity contribution in [3.63, 3.8) is 0 Å². The van der Waals surface area contributed by atoms with Crippen LogP contribution in [0, 0.1) is 0 Å². The lowest BCUT2D eigenvalue weighted by atomic mass is 9.97. The molecule has 7 aromatic carbocycles. The van der Waals surface area contributed by atoms with Gasteiger partial charge in [-0.25, -0.2) is 0 Å². The van der Waals surface area contributed by atoms with Gasteiger partial charge in [0.1, 0.15) is 0 Å². The van der Waals surface area contributed by atoms with Gasteiger partial charge in [-0.15, -0.1) is 0 Å². The lowest BCUT2D eigenvalue weighted by Gasteiger charge is -2.28. The minimum absolute atomic E-state index is 1.12. The first-order valence-electron chi connectivity index (χ1n) is 15.0. The molecule has 0 N–H and O–H groups in total. The summed E-state index contributed by atoms with van der Waals surface area (Å²) in [5, 5.41) is 0. The molecular weight excluding hydrogens is 532 g/mol. The van der Waals surface area contributed by atoms with Crippen LogP contribution in [0.4, 0.5) is 34.1 Å². The van der Waals surface area contributed by atoms with E-state index in [9.17, 15) is 0 Å². The summed E-state index contributed by atoms with van der Waals surface area (Å²) in [5.41, 5.74) is 11.5. The highest BCUT2D eigenvalue weighted by molar-refractivity contribution is 5.89. The van der Waals surface area contributed by atoms with Crippen LogP contribution in [0.5, 0.6) is 0 Å². The summed E-state index contributed by atoms with van der Waals surface area (Å²) in [5.74, 6) is 0. The van der Waals surface area contributed by atoms with Crippen molar-refractivity contribution in [2.24, 2.45) is 0 Å². The Bertz CT molecular complexity index is 1860. The molecule has 0 aliphatic heterocycles. The Kier molecular flexibility index (Phi) is 7.71. The highest BCUT2D eigenvalue weighted by Gasteiger charge is 2.17. The summed E-state index contributed by atoms with van der Waals surface area (Å²) in [7, 11) is 0. The zero-order chi connectivity index (χ0) is 29.6. The van der Waals surface area contributed by atoms with E-state index in [1.54, 1.807) is 0 Å². The van der Waals surface area contributed by atoms with E-state index in [4.69, 9.17) is 0 Å². The minimum atomic E-state index is 1.12. The molecule has 0 bridgehead atoms. The van der Waals surface area contributed by atoms with Crippen LogP contribution < -0.4 is 9.80 Å². The first-order chi connectivity index (χ1) is 21.8. The van der Waals surface area contributed by atoms with E-state index < -0.39 is 0 Å². The third-order valence-corrected chi connectivity index (χ3v) is 7.83. The number of para-hydroxylation sites is 5. The topological polar surface area (TPSA) is 6.48 Å². The van der Waals surface area contributed by atoms with E-state index >= 15 is 0 Å². The van der Waals surface area contributed by atoms with Crippen molar-refractivity contribution in [2.45, 2.75) is 0 Å². The van der Waals surface area contributed by atoms with Crippen molar-refractivity contribution in [3.8, 4) is 22.3 Å². The molecule has 0 saturated heterocycles. The Balaban J connectivity index is 1.26. The Morgan fingerprint density at radius 3 is 1.18 bits per heavy atom. The summed E-state index contributed by atoms with van der Waals surface area (Å²) >= 11 is 0. The SMILES string of the molecule is c1ccc(N(c2ccccc2)c2ccc(-c3cccc(-c4ccccc4N(c4ccccc4)c4ccccc4)c3)cc2)cc1. The van der Waals surface area contributed by atoms with Gasteiger partial charge in [-0.05, 0) is 89.5 Å². The molecule has 7 rings (SSSR count). The van der Waals surface area contributed by atoms with Crippen molar-refractivity contribution in [1.29, 1.82) is 0 Å². The predicted molar refractivity (Wildman–Crippen MR) is 187 cm³/mol. The summed E-state index contributed by atoms with van der Waals surface area (Å²) in [4.78, 5) is 4.62. The number of anilines is 6. The van der Waals surface area contributed by atoms with E-state index in [2.05, 4.69) is 204 Å². The molecule has 0 amide bonds. The average molecular weight is 565 g/mol. The largest absolute Gasteiger partial charge is 0.311 e. The average Bonchev–Trinajstić information content (AvgIpc) is 3.11. The van der Waals surface area contributed by atoms with Gasteiger partial charge in [-0.2, -0.15) is 0 Å². The second kappa shape index (κ2) is 12.6. The van der Waals surface area contributed by atoms with Crippen molar-refractivity contribution >= 4 is 34.1 Å². The van der Waals surface area contributed by atoms with E-state index in [1.165, 1.54) is 22.3 Å². The molecule has 0 aliphatic carbocycles. The van der Waals surface area contributed by atoms with Crippen LogP contribution in [-0.4, -0.2) is 0 Å². The summed E-state index contributed by atoms with van der Waals surface area (Å²) in [6.07, 6.45) is 0. The van der Waals surface area contributed by atoms with Crippen molar-refractivity contribution < 1.29 is 0 Å². The van der Waals surface area contributed by atoms with E-state index in [0.29, 0.717) is 0 Å². The molecule has 0 atom stereocenters. The van der Waals surface area contributed by atoms with Gasteiger partial charge in [0.15, 0.2) is 0 Å². The van der Waals surface area contributed by atoms with Gasteiger partial charge in [0.25, 0.3) is 0 Å². The number of rotatable bonds is 8. The molecule has 2 heteroatoms. The third-order valence-electron chi connectivity index (χ3n) is 7.83. The quantitative estimate of drug-likeness (QED) is 0.181. The van der Waals surface area contributed by atoms with Crippen LogP contribution >= 0.6 is 0 Å². The molecule has 0 spiro atoms. The first-order valence-corrected chi connectivity index (χ1v) is 15.0. The van der Waals surface area contributed by atoms with Gasteiger partial charge >= 0.3 is 0 Å². The standard InChI is InChI=1S/C42H32N2/c1-5-18-36(19-6-1)43(37-20-7-2-8-21-37)40-30-28-33(29-31-40)34-16-15-17-35(32-34)41-26-13-14-27-42(41)44(38-22-9-3-10-23-38)39-24-11-4-12-25-39/h1-32H. The Morgan fingerprint density at radius 1 is 0.250 bits per heavy atom. The Labute approximate surface area is 259 Å². The van der Waals surface area contributed by atoms with Gasteiger partial charge in [-0.3, -0.25) is 0 Å². The number of benzene rings is 7. The molecule has 210 valence electrons. The Hall–Kier alpha value is -5.86. The van der Waals surface area contributed by atoms with Crippen LogP contribution in [0.3, 0.4) is 0 Å². The van der Waals surface area contributed by atoms with Crippen molar-refractivity contribution in [3.05, 3.63) is 194 Å². The van der Waals surface area contributed by atoms with Crippen molar-refractivity contribution in [1.82, 2.24) is 0 Å². The molecule has 0 unspecified atom stereocenters. The first kappa shape index (κ1) is 27.0. The second-order valence-corrected chi connectivity index (χ2v) is 10.7. The van der Waals surface area contributed by atoms with E-state index in [-0.39, 0.29) is 0 Å². The van der Waals surface area contributed by atoms with Crippen LogP contribution in [-0.2, 0) is 0 Å². The molecule has 7 aromatic rings. The predicted octanol–water partition coefficient (Wildman–Crippen LogP) is 12.0. The van der Waals surface area contributed by atoms with Gasteiger partial charge in [-0.1, -0.05) is 121 Å². The molecule has 0 aliphatic rings. The third kappa shape index (κ3) is 5.62. The van der Waals surface area contributed by atoms with Crippen LogP contribution in [0.25, 0.3) is 22.3 Å². The molecule has 44 heavy (non-hydrogen) atoms. The maximum absolute atomic E-state index is 2.33. The maximum atomic E-state index is 2.33. The highest BCUT2D eigenvalue weighted by atomic mass is 15.1. The summed E-state index contributed by atoms with van der Waals surface area (Å²) in [6.45, 7) is 0. The molecule has 0 radical (unpaired) electrons. The highest BCUT2D eigenvalue weighted by Crippen LogP contribution is 2.41. The normalized spacial score (nSPS) is 10.7. The van der Waals surface area contributed by atoms with Crippen LogP contribution in [0.1, 0.15) is 0 Å². The monoisotopic (exact) mass is 564 g/mol. The zero-order valence-electron chi connectivity index (χ0n) is 24.4. The fourth-order valence-corrected chi connectivity index (χ4v) is 5.76. The van der Waals surface area contributed by atoms with Crippen molar-refractivity contribution in [2.75, 3.05) is 9.80 Å². The molecule has 0 fully saturated rings. The van der Waals surface area contributed by atoms with Crippen LogP contribution in [0.2, 0.25) is 0 Å². The fraction of sp³-hybridized carbons (Fsp3) is 0. The molecular formula is C42H32N2. The van der Waals surface area contributed by atoms with Gasteiger partial charge < -0.3 is 9.80 Å². The zero-order valence-corrected chi connectivity index (χ0v) is 24.4. The smallest absolute Gasteiger partial charge is 0.0540 e.